The van der Waals surface area contributed by atoms with Gasteiger partial charge in [0.2, 0.25) is 0 Å². The Morgan fingerprint density at radius 3 is 2.76 bits per heavy atom. The topological polar surface area (TPSA) is 33.5 Å². The molecular weight excluding hydrogens is 312 g/mol. The monoisotopic (exact) mass is 348 g/mol. The van der Waals surface area contributed by atoms with Crippen molar-refractivity contribution in [1.29, 1.82) is 0 Å². The molecule has 5 heteroatoms. The molecule has 3 rings (SSSR count). The first kappa shape index (κ1) is 18.9. The van der Waals surface area contributed by atoms with Gasteiger partial charge in [-0.25, -0.2) is 0 Å². The average molecular weight is 349 g/mol. The van der Waals surface area contributed by atoms with Crippen LogP contribution in [0.1, 0.15) is 46.0 Å². The molecule has 1 aromatic heterocycles. The van der Waals surface area contributed by atoms with Gasteiger partial charge in [-0.15, -0.1) is 0 Å². The lowest BCUT2D eigenvalue weighted by atomic mass is 9.88. The van der Waals surface area contributed by atoms with Crippen molar-refractivity contribution in [2.24, 2.45) is 5.92 Å². The van der Waals surface area contributed by atoms with Gasteiger partial charge in [-0.1, -0.05) is 26.7 Å². The Morgan fingerprint density at radius 2 is 2.00 bits per heavy atom. The molecule has 25 heavy (non-hydrogen) atoms. The van der Waals surface area contributed by atoms with Crippen molar-refractivity contribution >= 4 is 0 Å². The van der Waals surface area contributed by atoms with Gasteiger partial charge in [-0.2, -0.15) is 5.10 Å². The van der Waals surface area contributed by atoms with Gasteiger partial charge in [0.1, 0.15) is 0 Å². The Bertz CT molecular complexity index is 478. The maximum absolute atomic E-state index is 6.25. The van der Waals surface area contributed by atoms with Crippen LogP contribution < -0.4 is 0 Å². The molecule has 0 amide bonds. The van der Waals surface area contributed by atoms with Gasteiger partial charge in [0.15, 0.2) is 0 Å². The molecule has 5 nitrogen and oxygen atoms in total. The zero-order chi connectivity index (χ0) is 17.5. The smallest absolute Gasteiger partial charge is 0.0601 e. The maximum atomic E-state index is 6.25. The second-order valence-electron chi connectivity index (χ2n) is 7.84. The summed E-state index contributed by atoms with van der Waals surface area (Å²) in [7, 11) is 0. The van der Waals surface area contributed by atoms with Crippen LogP contribution in [0, 0.1) is 5.92 Å². The van der Waals surface area contributed by atoms with Gasteiger partial charge in [0.25, 0.3) is 0 Å². The first-order valence-corrected chi connectivity index (χ1v) is 10.3. The molecule has 142 valence electrons. The van der Waals surface area contributed by atoms with E-state index in [2.05, 4.69) is 34.9 Å². The van der Waals surface area contributed by atoms with Crippen LogP contribution in [0.3, 0.4) is 0 Å². The Balaban J connectivity index is 1.37. The van der Waals surface area contributed by atoms with Crippen LogP contribution in [0.4, 0.5) is 0 Å². The largest absolute Gasteiger partial charge is 0.377 e. The molecule has 1 aliphatic carbocycles. The number of aromatic nitrogens is 2. The third-order valence-corrected chi connectivity index (χ3v) is 6.11. The molecule has 1 saturated heterocycles. The SMILES string of the molecule is CC[C@@H]1CN(CCn2cccn2)CCN1CCO[C@@H]1CCCC[C@H]1C. The molecule has 0 aromatic carbocycles. The van der Waals surface area contributed by atoms with E-state index in [4.69, 9.17) is 4.74 Å². The fourth-order valence-electron chi connectivity index (χ4n) is 4.37. The molecule has 0 N–H and O–H groups in total. The van der Waals surface area contributed by atoms with Crippen LogP contribution in [-0.2, 0) is 11.3 Å². The maximum Gasteiger partial charge on any atom is 0.0601 e. The average Bonchev–Trinajstić information content (AvgIpc) is 3.16. The molecule has 0 spiro atoms. The van der Waals surface area contributed by atoms with Crippen LogP contribution >= 0.6 is 0 Å². The molecule has 2 heterocycles. The Hall–Kier alpha value is -0.910. The minimum absolute atomic E-state index is 0.504. The second-order valence-corrected chi connectivity index (χ2v) is 7.84. The molecule has 1 aromatic rings. The van der Waals surface area contributed by atoms with E-state index in [0.717, 1.165) is 38.7 Å². The van der Waals surface area contributed by atoms with Crippen LogP contribution in [-0.4, -0.2) is 71.1 Å². The summed E-state index contributed by atoms with van der Waals surface area (Å²) in [6.07, 6.45) is 11.0. The van der Waals surface area contributed by atoms with Crippen LogP contribution in [0.5, 0.6) is 0 Å². The highest BCUT2D eigenvalue weighted by atomic mass is 16.5. The van der Waals surface area contributed by atoms with Gasteiger partial charge in [-0.3, -0.25) is 14.5 Å². The molecule has 2 aliphatic rings. The third kappa shape index (κ3) is 5.53. The van der Waals surface area contributed by atoms with E-state index in [1.54, 1.807) is 0 Å². The van der Waals surface area contributed by atoms with E-state index in [1.165, 1.54) is 45.2 Å². The minimum atomic E-state index is 0.504. The van der Waals surface area contributed by atoms with Crippen molar-refractivity contribution in [1.82, 2.24) is 19.6 Å². The minimum Gasteiger partial charge on any atom is -0.377 e. The molecule has 2 fully saturated rings. The Kier molecular flexibility index (Phi) is 7.32. The van der Waals surface area contributed by atoms with E-state index in [9.17, 15) is 0 Å². The number of hydrogen-bond donors (Lipinski definition) is 0. The molecule has 0 unspecified atom stereocenters. The molecule has 1 aliphatic heterocycles. The molecule has 1 saturated carbocycles. The number of piperazine rings is 1. The fraction of sp³-hybridized carbons (Fsp3) is 0.850. The van der Waals surface area contributed by atoms with Crippen molar-refractivity contribution < 1.29 is 4.74 Å². The molecule has 0 radical (unpaired) electrons. The van der Waals surface area contributed by atoms with Gasteiger partial charge in [0, 0.05) is 51.2 Å². The predicted molar refractivity (Wildman–Crippen MR) is 102 cm³/mol. The van der Waals surface area contributed by atoms with Gasteiger partial charge in [0.05, 0.1) is 19.3 Å². The van der Waals surface area contributed by atoms with Gasteiger partial charge < -0.3 is 4.74 Å². The van der Waals surface area contributed by atoms with E-state index in [1.807, 2.05) is 16.9 Å². The number of ether oxygens (including phenoxy) is 1. The molecular formula is C20H36N4O. The summed E-state index contributed by atoms with van der Waals surface area (Å²) in [5, 5.41) is 4.31. The third-order valence-electron chi connectivity index (χ3n) is 6.11. The van der Waals surface area contributed by atoms with Gasteiger partial charge >= 0.3 is 0 Å². The number of hydrogen-bond acceptors (Lipinski definition) is 4. The lowest BCUT2D eigenvalue weighted by Gasteiger charge is -2.41. The summed E-state index contributed by atoms with van der Waals surface area (Å²) in [5.74, 6) is 0.745. The van der Waals surface area contributed by atoms with Crippen molar-refractivity contribution in [3.05, 3.63) is 18.5 Å². The highest BCUT2D eigenvalue weighted by Gasteiger charge is 2.26. The quantitative estimate of drug-likeness (QED) is 0.723. The number of nitrogens with zero attached hydrogens (tertiary/aromatic N) is 4. The van der Waals surface area contributed by atoms with E-state index >= 15 is 0 Å². The first-order valence-electron chi connectivity index (χ1n) is 10.3. The summed E-state index contributed by atoms with van der Waals surface area (Å²) < 4.78 is 8.28. The summed E-state index contributed by atoms with van der Waals surface area (Å²) in [5.41, 5.74) is 0. The molecule has 0 bridgehead atoms. The summed E-state index contributed by atoms with van der Waals surface area (Å²) in [6, 6.07) is 2.67. The van der Waals surface area contributed by atoms with E-state index in [-0.39, 0.29) is 0 Å². The first-order chi connectivity index (χ1) is 12.3. The van der Waals surface area contributed by atoms with Crippen molar-refractivity contribution in [3.8, 4) is 0 Å². The standard InChI is InChI=1S/C20H36N4O/c1-3-19-17-22(12-14-24-10-6-9-21-24)11-13-23(19)15-16-25-20-8-5-4-7-18(20)2/h6,9-10,18-20H,3-5,7-8,11-17H2,1-2H3/t18-,19-,20-/m1/s1. The fourth-order valence-corrected chi connectivity index (χ4v) is 4.37. The van der Waals surface area contributed by atoms with Crippen LogP contribution in [0.15, 0.2) is 18.5 Å². The summed E-state index contributed by atoms with van der Waals surface area (Å²) in [4.78, 5) is 5.24. The molecule has 3 atom stereocenters. The highest BCUT2D eigenvalue weighted by Crippen LogP contribution is 2.26. The van der Waals surface area contributed by atoms with E-state index in [0.29, 0.717) is 12.1 Å². The number of rotatable bonds is 8. The van der Waals surface area contributed by atoms with Crippen molar-refractivity contribution in [2.45, 2.75) is 64.6 Å². The lowest BCUT2D eigenvalue weighted by Crippen LogP contribution is -2.54. The summed E-state index contributed by atoms with van der Waals surface area (Å²) >= 11 is 0. The second kappa shape index (κ2) is 9.70. The lowest BCUT2D eigenvalue weighted by molar-refractivity contribution is -0.0268. The summed E-state index contributed by atoms with van der Waals surface area (Å²) in [6.45, 7) is 12.3. The van der Waals surface area contributed by atoms with Crippen molar-refractivity contribution in [2.75, 3.05) is 39.3 Å². The Labute approximate surface area is 153 Å². The van der Waals surface area contributed by atoms with Gasteiger partial charge in [-0.05, 0) is 31.2 Å². The highest BCUT2D eigenvalue weighted by molar-refractivity contribution is 4.83. The van der Waals surface area contributed by atoms with Crippen LogP contribution in [0.2, 0.25) is 0 Å². The zero-order valence-electron chi connectivity index (χ0n) is 16.1. The zero-order valence-corrected chi connectivity index (χ0v) is 16.1. The van der Waals surface area contributed by atoms with Crippen molar-refractivity contribution in [3.63, 3.8) is 0 Å². The predicted octanol–water partition coefficient (Wildman–Crippen LogP) is 2.87. The van der Waals surface area contributed by atoms with Crippen LogP contribution in [0.25, 0.3) is 0 Å². The van der Waals surface area contributed by atoms with E-state index < -0.39 is 0 Å². The Morgan fingerprint density at radius 1 is 1.12 bits per heavy atom. The normalized spacial score (nSPS) is 29.1.